The highest BCUT2D eigenvalue weighted by Crippen LogP contribution is 2.21. The van der Waals surface area contributed by atoms with Crippen LogP contribution in [-0.4, -0.2) is 28.2 Å². The van der Waals surface area contributed by atoms with E-state index in [4.69, 9.17) is 0 Å². The molecule has 26 heavy (non-hydrogen) atoms. The van der Waals surface area contributed by atoms with Crippen molar-refractivity contribution in [2.24, 2.45) is 5.92 Å². The molecular weight excluding hydrogens is 333 g/mol. The second-order valence-corrected chi connectivity index (χ2v) is 6.59. The van der Waals surface area contributed by atoms with Gasteiger partial charge in [-0.25, -0.2) is 4.39 Å². The number of benzene rings is 1. The van der Waals surface area contributed by atoms with Gasteiger partial charge in [-0.3, -0.25) is 14.6 Å². The summed E-state index contributed by atoms with van der Waals surface area (Å²) in [6.07, 6.45) is 0.814. The third-order valence-corrected chi connectivity index (χ3v) is 4.58. The van der Waals surface area contributed by atoms with E-state index in [0.717, 1.165) is 11.4 Å². The number of carbonyl (C=O) groups is 2. The SMILES string of the molecule is Cc1cccc(CNC(=O)[C@H]2CCC(=O)N(Cc3ccccc3F)C2)n1. The molecular formula is C20H22FN3O2. The summed E-state index contributed by atoms with van der Waals surface area (Å²) >= 11 is 0. The number of aromatic nitrogens is 1. The van der Waals surface area contributed by atoms with Gasteiger partial charge in [0.25, 0.3) is 0 Å². The first-order valence-electron chi connectivity index (χ1n) is 8.74. The van der Waals surface area contributed by atoms with E-state index in [1.54, 1.807) is 23.1 Å². The van der Waals surface area contributed by atoms with Crippen molar-refractivity contribution in [1.82, 2.24) is 15.2 Å². The molecule has 2 amide bonds. The van der Waals surface area contributed by atoms with Crippen LogP contribution in [0, 0.1) is 18.7 Å². The van der Waals surface area contributed by atoms with Crippen molar-refractivity contribution in [1.29, 1.82) is 0 Å². The number of piperidine rings is 1. The second-order valence-electron chi connectivity index (χ2n) is 6.59. The molecule has 6 heteroatoms. The quantitative estimate of drug-likeness (QED) is 0.897. The highest BCUT2D eigenvalue weighted by molar-refractivity contribution is 5.83. The molecule has 0 saturated carbocycles. The van der Waals surface area contributed by atoms with Gasteiger partial charge in [0.1, 0.15) is 5.82 Å². The molecule has 0 spiro atoms. The van der Waals surface area contributed by atoms with Gasteiger partial charge in [-0.05, 0) is 31.5 Å². The summed E-state index contributed by atoms with van der Waals surface area (Å²) < 4.78 is 13.8. The maximum atomic E-state index is 13.8. The summed E-state index contributed by atoms with van der Waals surface area (Å²) in [5, 5.41) is 2.89. The number of likely N-dealkylation sites (tertiary alicyclic amines) is 1. The number of pyridine rings is 1. The normalized spacial score (nSPS) is 17.2. The van der Waals surface area contributed by atoms with Gasteiger partial charge in [-0.15, -0.1) is 0 Å². The maximum absolute atomic E-state index is 13.8. The fraction of sp³-hybridized carbons (Fsp3) is 0.350. The van der Waals surface area contributed by atoms with E-state index in [2.05, 4.69) is 10.3 Å². The zero-order chi connectivity index (χ0) is 18.5. The lowest BCUT2D eigenvalue weighted by atomic mass is 9.96. The predicted molar refractivity (Wildman–Crippen MR) is 95.4 cm³/mol. The number of hydrogen-bond acceptors (Lipinski definition) is 3. The van der Waals surface area contributed by atoms with Crippen molar-refractivity contribution in [3.63, 3.8) is 0 Å². The number of halogens is 1. The van der Waals surface area contributed by atoms with Crippen LogP contribution in [0.5, 0.6) is 0 Å². The first-order chi connectivity index (χ1) is 12.5. The highest BCUT2D eigenvalue weighted by Gasteiger charge is 2.30. The van der Waals surface area contributed by atoms with Crippen LogP contribution < -0.4 is 5.32 Å². The zero-order valence-electron chi connectivity index (χ0n) is 14.7. The molecule has 136 valence electrons. The Bertz CT molecular complexity index is 809. The minimum absolute atomic E-state index is 0.0438. The van der Waals surface area contributed by atoms with E-state index >= 15 is 0 Å². The number of aryl methyl sites for hydroxylation is 1. The number of rotatable bonds is 5. The van der Waals surface area contributed by atoms with E-state index in [9.17, 15) is 14.0 Å². The fourth-order valence-corrected chi connectivity index (χ4v) is 3.13. The van der Waals surface area contributed by atoms with Crippen LogP contribution in [0.25, 0.3) is 0 Å². The molecule has 2 heterocycles. The Balaban J connectivity index is 1.59. The van der Waals surface area contributed by atoms with Gasteiger partial charge in [0, 0.05) is 30.8 Å². The third kappa shape index (κ3) is 4.45. The Morgan fingerprint density at radius 2 is 2.08 bits per heavy atom. The van der Waals surface area contributed by atoms with Gasteiger partial charge in [0.15, 0.2) is 0 Å². The minimum atomic E-state index is -0.336. The van der Waals surface area contributed by atoms with Crippen molar-refractivity contribution < 1.29 is 14.0 Å². The largest absolute Gasteiger partial charge is 0.350 e. The summed E-state index contributed by atoms with van der Waals surface area (Å²) in [5.41, 5.74) is 2.16. The van der Waals surface area contributed by atoms with E-state index in [1.807, 2.05) is 25.1 Å². The number of amides is 2. The lowest BCUT2D eigenvalue weighted by Crippen LogP contribution is -2.45. The standard InChI is InChI=1S/C20H22FN3O2/c1-14-5-4-7-17(23-14)11-22-20(26)16-9-10-19(25)24(13-16)12-15-6-2-3-8-18(15)21/h2-8,16H,9-13H2,1H3,(H,22,26)/t16-/m0/s1. The molecule has 2 aromatic rings. The second kappa shape index (κ2) is 8.08. The van der Waals surface area contributed by atoms with Crippen LogP contribution in [0.3, 0.4) is 0 Å². The van der Waals surface area contributed by atoms with Crippen LogP contribution >= 0.6 is 0 Å². The first kappa shape index (κ1) is 18.0. The molecule has 0 unspecified atom stereocenters. The predicted octanol–water partition coefficient (Wildman–Crippen LogP) is 2.58. The van der Waals surface area contributed by atoms with Gasteiger partial charge in [0.2, 0.25) is 11.8 Å². The lowest BCUT2D eigenvalue weighted by molar-refractivity contribution is -0.139. The molecule has 1 saturated heterocycles. The Morgan fingerprint density at radius 3 is 2.85 bits per heavy atom. The number of nitrogens with one attached hydrogen (secondary N) is 1. The smallest absolute Gasteiger partial charge is 0.225 e. The van der Waals surface area contributed by atoms with E-state index < -0.39 is 0 Å². The van der Waals surface area contributed by atoms with Crippen molar-refractivity contribution in [3.8, 4) is 0 Å². The molecule has 1 aliphatic heterocycles. The van der Waals surface area contributed by atoms with Crippen LogP contribution in [0.2, 0.25) is 0 Å². The molecule has 1 fully saturated rings. The molecule has 1 aromatic carbocycles. The highest BCUT2D eigenvalue weighted by atomic mass is 19.1. The van der Waals surface area contributed by atoms with Gasteiger partial charge >= 0.3 is 0 Å². The van der Waals surface area contributed by atoms with Crippen LogP contribution in [0.15, 0.2) is 42.5 Å². The molecule has 3 rings (SSSR count). The maximum Gasteiger partial charge on any atom is 0.225 e. The molecule has 1 N–H and O–H groups in total. The van der Waals surface area contributed by atoms with Crippen molar-refractivity contribution in [2.75, 3.05) is 6.54 Å². The molecule has 5 nitrogen and oxygen atoms in total. The first-order valence-corrected chi connectivity index (χ1v) is 8.74. The summed E-state index contributed by atoms with van der Waals surface area (Å²) in [4.78, 5) is 30.6. The van der Waals surface area contributed by atoms with E-state index in [0.29, 0.717) is 31.5 Å². The van der Waals surface area contributed by atoms with Gasteiger partial charge < -0.3 is 10.2 Å². The van der Waals surface area contributed by atoms with E-state index in [1.165, 1.54) is 6.07 Å². The van der Waals surface area contributed by atoms with Crippen molar-refractivity contribution in [3.05, 3.63) is 65.2 Å². The molecule has 0 aliphatic carbocycles. The zero-order valence-corrected chi connectivity index (χ0v) is 14.7. The molecule has 1 aromatic heterocycles. The van der Waals surface area contributed by atoms with Crippen molar-refractivity contribution in [2.45, 2.75) is 32.9 Å². The van der Waals surface area contributed by atoms with Gasteiger partial charge in [-0.2, -0.15) is 0 Å². The molecule has 1 aliphatic rings. The Hall–Kier alpha value is -2.76. The molecule has 1 atom stereocenters. The number of hydrogen-bond donors (Lipinski definition) is 1. The topological polar surface area (TPSA) is 62.3 Å². The Kier molecular flexibility index (Phi) is 5.61. The lowest BCUT2D eigenvalue weighted by Gasteiger charge is -2.32. The van der Waals surface area contributed by atoms with Gasteiger partial charge in [-0.1, -0.05) is 24.3 Å². The van der Waals surface area contributed by atoms with E-state index in [-0.39, 0.29) is 30.1 Å². The molecule has 0 radical (unpaired) electrons. The number of carbonyl (C=O) groups excluding carboxylic acids is 2. The summed E-state index contributed by atoms with van der Waals surface area (Å²) in [6.45, 7) is 2.76. The Labute approximate surface area is 152 Å². The average molecular weight is 355 g/mol. The Morgan fingerprint density at radius 1 is 1.27 bits per heavy atom. The monoisotopic (exact) mass is 355 g/mol. The van der Waals surface area contributed by atoms with Gasteiger partial charge in [0.05, 0.1) is 18.2 Å². The van der Waals surface area contributed by atoms with Crippen molar-refractivity contribution >= 4 is 11.8 Å². The average Bonchev–Trinajstić information content (AvgIpc) is 2.63. The fourth-order valence-electron chi connectivity index (χ4n) is 3.13. The number of nitrogens with zero attached hydrogens (tertiary/aromatic N) is 2. The van der Waals surface area contributed by atoms with Crippen LogP contribution in [0.4, 0.5) is 4.39 Å². The summed E-state index contributed by atoms with van der Waals surface area (Å²) in [6, 6.07) is 12.1. The summed E-state index contributed by atoms with van der Waals surface area (Å²) in [5.74, 6) is -0.765. The molecule has 0 bridgehead atoms. The minimum Gasteiger partial charge on any atom is -0.350 e. The third-order valence-electron chi connectivity index (χ3n) is 4.58. The summed E-state index contributed by atoms with van der Waals surface area (Å²) in [7, 11) is 0. The van der Waals surface area contributed by atoms with Crippen LogP contribution in [0.1, 0.15) is 29.8 Å². The van der Waals surface area contributed by atoms with Crippen LogP contribution in [-0.2, 0) is 22.7 Å².